The highest BCUT2D eigenvalue weighted by Crippen LogP contribution is 2.36. The lowest BCUT2D eigenvalue weighted by Crippen LogP contribution is -2.52. The molecule has 0 aliphatic heterocycles. The van der Waals surface area contributed by atoms with Gasteiger partial charge >= 0.3 is 5.97 Å². The first-order chi connectivity index (χ1) is 7.59. The van der Waals surface area contributed by atoms with Gasteiger partial charge in [0.1, 0.15) is 0 Å². The fourth-order valence-corrected chi connectivity index (χ4v) is 3.18. The minimum Gasteiger partial charge on any atom is -0.481 e. The van der Waals surface area contributed by atoms with Crippen molar-refractivity contribution in [1.82, 2.24) is 4.90 Å². The second-order valence-electron chi connectivity index (χ2n) is 5.67. The van der Waals surface area contributed by atoms with Gasteiger partial charge in [-0.25, -0.2) is 0 Å². The molecule has 3 heteroatoms. The van der Waals surface area contributed by atoms with Gasteiger partial charge in [0.05, 0.1) is 5.92 Å². The molecule has 0 amide bonds. The van der Waals surface area contributed by atoms with Crippen molar-refractivity contribution >= 4 is 5.97 Å². The maximum absolute atomic E-state index is 11.0. The summed E-state index contributed by atoms with van der Waals surface area (Å²) in [5.74, 6) is 0.151. The average Bonchev–Trinajstić information content (AvgIpc) is 2.15. The van der Waals surface area contributed by atoms with Crippen LogP contribution in [-0.4, -0.2) is 35.1 Å². The molecule has 2 aliphatic rings. The summed E-state index contributed by atoms with van der Waals surface area (Å²) in [6.45, 7) is 2.32. The van der Waals surface area contributed by atoms with E-state index in [1.54, 1.807) is 0 Å². The van der Waals surface area contributed by atoms with Crippen molar-refractivity contribution < 1.29 is 9.90 Å². The largest absolute Gasteiger partial charge is 0.481 e. The number of hydrogen-bond acceptors (Lipinski definition) is 2. The third-order valence-corrected chi connectivity index (χ3v) is 4.64. The van der Waals surface area contributed by atoms with Gasteiger partial charge in [0.25, 0.3) is 0 Å². The molecule has 0 saturated heterocycles. The Balaban J connectivity index is 1.87. The maximum Gasteiger partial charge on any atom is 0.308 e. The first kappa shape index (κ1) is 11.9. The highest BCUT2D eigenvalue weighted by Gasteiger charge is 2.41. The Hall–Kier alpha value is -0.570. The lowest BCUT2D eigenvalue weighted by atomic mass is 9.76. The average molecular weight is 225 g/mol. The second kappa shape index (κ2) is 4.74. The van der Waals surface area contributed by atoms with Crippen LogP contribution in [0.3, 0.4) is 0 Å². The van der Waals surface area contributed by atoms with Crippen LogP contribution in [0.4, 0.5) is 0 Å². The molecule has 92 valence electrons. The van der Waals surface area contributed by atoms with Crippen molar-refractivity contribution in [3.63, 3.8) is 0 Å². The molecule has 2 aliphatic carbocycles. The van der Waals surface area contributed by atoms with E-state index in [9.17, 15) is 4.79 Å². The van der Waals surface area contributed by atoms with Gasteiger partial charge in [-0.05, 0) is 51.5 Å². The predicted molar refractivity (Wildman–Crippen MR) is 63.3 cm³/mol. The van der Waals surface area contributed by atoms with E-state index < -0.39 is 5.97 Å². The number of rotatable bonds is 3. The molecule has 0 spiro atoms. The predicted octanol–water partition coefficient (Wildman–Crippen LogP) is 2.36. The van der Waals surface area contributed by atoms with Crippen LogP contribution in [0.1, 0.15) is 45.4 Å². The van der Waals surface area contributed by atoms with E-state index in [0.717, 1.165) is 18.8 Å². The lowest BCUT2D eigenvalue weighted by Gasteiger charge is -2.45. The minimum atomic E-state index is -0.604. The van der Waals surface area contributed by atoms with Crippen LogP contribution in [0, 0.1) is 11.8 Å². The SMILES string of the molecule is CC1CCC(N(C)C2CCC2C(=O)O)CC1. The number of aliphatic carboxylic acids is 1. The molecule has 0 radical (unpaired) electrons. The van der Waals surface area contributed by atoms with E-state index in [2.05, 4.69) is 18.9 Å². The van der Waals surface area contributed by atoms with Gasteiger partial charge in [-0.2, -0.15) is 0 Å². The summed E-state index contributed by atoms with van der Waals surface area (Å²) in [6.07, 6.45) is 7.05. The summed E-state index contributed by atoms with van der Waals surface area (Å²) >= 11 is 0. The molecule has 0 aromatic heterocycles. The van der Waals surface area contributed by atoms with E-state index in [-0.39, 0.29) is 5.92 Å². The molecule has 16 heavy (non-hydrogen) atoms. The van der Waals surface area contributed by atoms with Crippen molar-refractivity contribution in [3.05, 3.63) is 0 Å². The van der Waals surface area contributed by atoms with Crippen LogP contribution in [0.2, 0.25) is 0 Å². The summed E-state index contributed by atoms with van der Waals surface area (Å²) in [7, 11) is 2.13. The Bertz CT molecular complexity index is 259. The van der Waals surface area contributed by atoms with Crippen molar-refractivity contribution in [1.29, 1.82) is 0 Å². The highest BCUT2D eigenvalue weighted by atomic mass is 16.4. The number of carboxylic acid groups (broad SMARTS) is 1. The fraction of sp³-hybridized carbons (Fsp3) is 0.923. The molecule has 0 aromatic carbocycles. The zero-order valence-electron chi connectivity index (χ0n) is 10.4. The Labute approximate surface area is 97.8 Å². The molecule has 2 unspecified atom stereocenters. The Morgan fingerprint density at radius 1 is 1.12 bits per heavy atom. The van der Waals surface area contributed by atoms with Gasteiger partial charge < -0.3 is 5.11 Å². The van der Waals surface area contributed by atoms with Crippen LogP contribution in [0.5, 0.6) is 0 Å². The van der Waals surface area contributed by atoms with Crippen molar-refractivity contribution in [2.45, 2.75) is 57.5 Å². The van der Waals surface area contributed by atoms with Crippen LogP contribution in [0.15, 0.2) is 0 Å². The summed E-state index contributed by atoms with van der Waals surface area (Å²) in [5, 5.41) is 9.07. The van der Waals surface area contributed by atoms with E-state index in [4.69, 9.17) is 5.11 Å². The zero-order chi connectivity index (χ0) is 11.7. The first-order valence-electron chi connectivity index (χ1n) is 6.54. The van der Waals surface area contributed by atoms with Gasteiger partial charge in [0.15, 0.2) is 0 Å². The number of carbonyl (C=O) groups is 1. The standard InChI is InChI=1S/C13H23NO2/c1-9-3-5-10(6-4-9)14(2)12-8-7-11(12)13(15)16/h9-12H,3-8H2,1-2H3,(H,15,16). The van der Waals surface area contributed by atoms with E-state index >= 15 is 0 Å². The topological polar surface area (TPSA) is 40.5 Å². The molecule has 1 N–H and O–H groups in total. The summed E-state index contributed by atoms with van der Waals surface area (Å²) in [5.41, 5.74) is 0. The van der Waals surface area contributed by atoms with Gasteiger partial charge in [-0.3, -0.25) is 9.69 Å². The molecule has 2 atom stereocenters. The number of nitrogens with zero attached hydrogens (tertiary/aromatic N) is 1. The van der Waals surface area contributed by atoms with Crippen LogP contribution in [0.25, 0.3) is 0 Å². The van der Waals surface area contributed by atoms with Crippen LogP contribution >= 0.6 is 0 Å². The first-order valence-corrected chi connectivity index (χ1v) is 6.54. The Morgan fingerprint density at radius 2 is 1.75 bits per heavy atom. The van der Waals surface area contributed by atoms with Crippen LogP contribution in [-0.2, 0) is 4.79 Å². The summed E-state index contributed by atoms with van der Waals surface area (Å²) in [4.78, 5) is 13.4. The molecular weight excluding hydrogens is 202 g/mol. The molecule has 2 rings (SSSR count). The minimum absolute atomic E-state index is 0.107. The van der Waals surface area contributed by atoms with E-state index in [1.165, 1.54) is 25.7 Å². The third-order valence-electron chi connectivity index (χ3n) is 4.64. The van der Waals surface area contributed by atoms with Crippen molar-refractivity contribution in [3.8, 4) is 0 Å². The Morgan fingerprint density at radius 3 is 2.19 bits per heavy atom. The number of hydrogen-bond donors (Lipinski definition) is 1. The zero-order valence-corrected chi connectivity index (χ0v) is 10.4. The molecule has 0 aromatic rings. The van der Waals surface area contributed by atoms with E-state index in [0.29, 0.717) is 12.1 Å². The van der Waals surface area contributed by atoms with Crippen molar-refractivity contribution in [2.24, 2.45) is 11.8 Å². The normalized spacial score (nSPS) is 39.4. The van der Waals surface area contributed by atoms with Gasteiger partial charge in [0.2, 0.25) is 0 Å². The van der Waals surface area contributed by atoms with Gasteiger partial charge in [0, 0.05) is 12.1 Å². The molecule has 3 nitrogen and oxygen atoms in total. The maximum atomic E-state index is 11.0. The summed E-state index contributed by atoms with van der Waals surface area (Å²) < 4.78 is 0. The van der Waals surface area contributed by atoms with Gasteiger partial charge in [-0.1, -0.05) is 6.92 Å². The molecule has 0 heterocycles. The smallest absolute Gasteiger partial charge is 0.308 e. The fourth-order valence-electron chi connectivity index (χ4n) is 3.18. The monoisotopic (exact) mass is 225 g/mol. The quantitative estimate of drug-likeness (QED) is 0.801. The number of carboxylic acids is 1. The van der Waals surface area contributed by atoms with Gasteiger partial charge in [-0.15, -0.1) is 0 Å². The molecular formula is C13H23NO2. The molecule has 0 bridgehead atoms. The summed E-state index contributed by atoms with van der Waals surface area (Å²) in [6, 6.07) is 0.930. The molecule has 2 fully saturated rings. The Kier molecular flexibility index (Phi) is 3.53. The molecule has 2 saturated carbocycles. The third kappa shape index (κ3) is 2.24. The van der Waals surface area contributed by atoms with Crippen molar-refractivity contribution in [2.75, 3.05) is 7.05 Å². The van der Waals surface area contributed by atoms with Crippen LogP contribution < -0.4 is 0 Å². The lowest BCUT2D eigenvalue weighted by molar-refractivity contribution is -0.149. The van der Waals surface area contributed by atoms with E-state index in [1.807, 2.05) is 0 Å². The second-order valence-corrected chi connectivity index (χ2v) is 5.67. The highest BCUT2D eigenvalue weighted by molar-refractivity contribution is 5.72.